The number of aliphatic hydroxyl groups excluding tert-OH is 1. The summed E-state index contributed by atoms with van der Waals surface area (Å²) in [6, 6.07) is 0. The fourth-order valence-corrected chi connectivity index (χ4v) is 3.96. The number of hydrogen-bond donors (Lipinski definition) is 1. The largest absolute Gasteiger partial charge is 0.417 e. The van der Waals surface area contributed by atoms with Crippen LogP contribution in [0.15, 0.2) is 0 Å². The fourth-order valence-electron chi connectivity index (χ4n) is 2.87. The van der Waals surface area contributed by atoms with Crippen molar-refractivity contribution in [1.82, 2.24) is 0 Å². The predicted molar refractivity (Wildman–Crippen MR) is 115 cm³/mol. The highest BCUT2D eigenvalue weighted by Crippen LogP contribution is 2.36. The molecule has 1 N–H and O–H groups in total. The molecule has 0 aliphatic carbocycles. The highest BCUT2D eigenvalue weighted by atomic mass is 28.4. The third kappa shape index (κ3) is 13.9. The monoisotopic (exact) mass is 372 g/mol. The van der Waals surface area contributed by atoms with Crippen molar-refractivity contribution in [1.29, 1.82) is 0 Å². The molecule has 3 heteroatoms. The van der Waals surface area contributed by atoms with Gasteiger partial charge in [0.25, 0.3) is 0 Å². The lowest BCUT2D eigenvalue weighted by Crippen LogP contribution is -2.41. The van der Waals surface area contributed by atoms with Gasteiger partial charge in [-0.15, -0.1) is 0 Å². The Bertz CT molecular complexity index is 297. The Morgan fingerprint density at radius 2 is 1.20 bits per heavy atom. The van der Waals surface area contributed by atoms with E-state index < -0.39 is 8.32 Å². The molecule has 1 unspecified atom stereocenters. The van der Waals surface area contributed by atoms with Crippen molar-refractivity contribution < 1.29 is 9.53 Å². The molecule has 1 atom stereocenters. The van der Waals surface area contributed by atoms with Gasteiger partial charge < -0.3 is 9.53 Å². The molecular weight excluding hydrogens is 324 g/mol. The van der Waals surface area contributed by atoms with Crippen molar-refractivity contribution in [2.45, 2.75) is 135 Å². The third-order valence-electron chi connectivity index (χ3n) is 5.84. The van der Waals surface area contributed by atoms with Gasteiger partial charge in [0.15, 0.2) is 8.32 Å². The van der Waals surface area contributed by atoms with Crippen molar-refractivity contribution >= 4 is 8.32 Å². The van der Waals surface area contributed by atoms with Crippen molar-refractivity contribution in [3.63, 3.8) is 0 Å². The van der Waals surface area contributed by atoms with Crippen LogP contribution in [0.25, 0.3) is 0 Å². The molecule has 0 aromatic heterocycles. The van der Waals surface area contributed by atoms with Crippen LogP contribution in [0.1, 0.15) is 111 Å². The standard InChI is InChI=1S/C22H48O2Si/c1-7-8-9-10-11-12-13-14-15-16-18-21(23)19-17-20-24-25(5,6)22(2,3)4/h21,23H,7-20H2,1-6H3. The quantitative estimate of drug-likeness (QED) is 0.225. The van der Waals surface area contributed by atoms with Crippen molar-refractivity contribution in [2.75, 3.05) is 6.61 Å². The van der Waals surface area contributed by atoms with E-state index in [-0.39, 0.29) is 11.1 Å². The van der Waals surface area contributed by atoms with E-state index in [4.69, 9.17) is 4.43 Å². The van der Waals surface area contributed by atoms with Gasteiger partial charge in [-0.25, -0.2) is 0 Å². The van der Waals surface area contributed by atoms with Crippen LogP contribution >= 0.6 is 0 Å². The van der Waals surface area contributed by atoms with Crippen molar-refractivity contribution in [2.24, 2.45) is 0 Å². The molecule has 0 radical (unpaired) electrons. The minimum atomic E-state index is -1.61. The maximum Gasteiger partial charge on any atom is 0.191 e. The highest BCUT2D eigenvalue weighted by molar-refractivity contribution is 6.74. The molecule has 25 heavy (non-hydrogen) atoms. The molecule has 0 amide bonds. The highest BCUT2D eigenvalue weighted by Gasteiger charge is 2.36. The SMILES string of the molecule is CCCCCCCCCCCCC(O)CCCO[Si](C)(C)C(C)(C)C. The summed E-state index contributed by atoms with van der Waals surface area (Å²) in [6.45, 7) is 14.5. The minimum absolute atomic E-state index is 0.128. The lowest BCUT2D eigenvalue weighted by Gasteiger charge is -2.36. The van der Waals surface area contributed by atoms with Crippen LogP contribution in [0.2, 0.25) is 18.1 Å². The summed E-state index contributed by atoms with van der Waals surface area (Å²) in [7, 11) is -1.61. The van der Waals surface area contributed by atoms with E-state index in [9.17, 15) is 5.11 Å². The van der Waals surface area contributed by atoms with Gasteiger partial charge in [-0.05, 0) is 37.4 Å². The third-order valence-corrected chi connectivity index (χ3v) is 10.4. The van der Waals surface area contributed by atoms with Gasteiger partial charge in [0, 0.05) is 6.61 Å². The molecule has 0 saturated carbocycles. The van der Waals surface area contributed by atoms with E-state index >= 15 is 0 Å². The number of rotatable bonds is 16. The Balaban J connectivity index is 3.44. The molecule has 0 bridgehead atoms. The Hall–Kier alpha value is 0.137. The van der Waals surface area contributed by atoms with Gasteiger partial charge in [0.1, 0.15) is 0 Å². The molecule has 152 valence electrons. The first-order chi connectivity index (χ1) is 11.7. The second-order valence-electron chi connectivity index (χ2n) is 9.38. The zero-order valence-corrected chi connectivity index (χ0v) is 19.3. The summed E-state index contributed by atoms with van der Waals surface area (Å²) in [5, 5.41) is 10.4. The van der Waals surface area contributed by atoms with E-state index in [0.29, 0.717) is 0 Å². The molecule has 0 rings (SSSR count). The van der Waals surface area contributed by atoms with Crippen LogP contribution in [-0.4, -0.2) is 26.1 Å². The Morgan fingerprint density at radius 1 is 0.760 bits per heavy atom. The average Bonchev–Trinajstić information content (AvgIpc) is 2.52. The Morgan fingerprint density at radius 3 is 1.68 bits per heavy atom. The number of aliphatic hydroxyl groups is 1. The van der Waals surface area contributed by atoms with Gasteiger partial charge in [-0.3, -0.25) is 0 Å². The molecule has 0 saturated heterocycles. The second-order valence-corrected chi connectivity index (χ2v) is 14.2. The fraction of sp³-hybridized carbons (Fsp3) is 1.00. The van der Waals surface area contributed by atoms with Gasteiger partial charge in [-0.2, -0.15) is 0 Å². The summed E-state index contributed by atoms with van der Waals surface area (Å²) in [5.74, 6) is 0. The first kappa shape index (κ1) is 25.1. The summed E-state index contributed by atoms with van der Waals surface area (Å²) < 4.78 is 6.18. The number of unbranched alkanes of at least 4 members (excludes halogenated alkanes) is 9. The zero-order valence-electron chi connectivity index (χ0n) is 18.3. The normalized spacial score (nSPS) is 14.0. The first-order valence-electron chi connectivity index (χ1n) is 11.0. The molecule has 2 nitrogen and oxygen atoms in total. The lowest BCUT2D eigenvalue weighted by molar-refractivity contribution is 0.138. The van der Waals surface area contributed by atoms with Crippen molar-refractivity contribution in [3.8, 4) is 0 Å². The second kappa shape index (κ2) is 14.2. The van der Waals surface area contributed by atoms with Crippen LogP contribution in [0.4, 0.5) is 0 Å². The maximum absolute atomic E-state index is 10.1. The summed E-state index contributed by atoms with van der Waals surface area (Å²) in [4.78, 5) is 0. The molecular formula is C22H48O2Si. The Labute approximate surface area is 160 Å². The van der Waals surface area contributed by atoms with Gasteiger partial charge in [0.05, 0.1) is 6.10 Å². The molecule has 0 aromatic carbocycles. The van der Waals surface area contributed by atoms with Gasteiger partial charge in [-0.1, -0.05) is 91.9 Å². The van der Waals surface area contributed by atoms with Gasteiger partial charge in [0.2, 0.25) is 0 Å². The van der Waals surface area contributed by atoms with Crippen molar-refractivity contribution in [3.05, 3.63) is 0 Å². The molecule has 0 aromatic rings. The summed E-state index contributed by atoms with van der Waals surface area (Å²) >= 11 is 0. The van der Waals surface area contributed by atoms with E-state index in [1.54, 1.807) is 0 Å². The molecule has 0 fully saturated rings. The molecule has 0 aliphatic heterocycles. The van der Waals surface area contributed by atoms with Crippen LogP contribution < -0.4 is 0 Å². The average molecular weight is 373 g/mol. The predicted octanol–water partition coefficient (Wildman–Crippen LogP) is 7.46. The minimum Gasteiger partial charge on any atom is -0.417 e. The van der Waals surface area contributed by atoms with Crippen LogP contribution in [0.3, 0.4) is 0 Å². The van der Waals surface area contributed by atoms with E-state index in [1.807, 2.05) is 0 Å². The topological polar surface area (TPSA) is 29.5 Å². The summed E-state index contributed by atoms with van der Waals surface area (Å²) in [5.41, 5.74) is 0. The van der Waals surface area contributed by atoms with Gasteiger partial charge >= 0.3 is 0 Å². The van der Waals surface area contributed by atoms with E-state index in [0.717, 1.165) is 25.9 Å². The van der Waals surface area contributed by atoms with E-state index in [1.165, 1.54) is 64.2 Å². The van der Waals surface area contributed by atoms with Crippen LogP contribution in [0, 0.1) is 0 Å². The molecule has 0 spiro atoms. The summed E-state index contributed by atoms with van der Waals surface area (Å²) in [6.07, 6.45) is 16.3. The van der Waals surface area contributed by atoms with E-state index in [2.05, 4.69) is 40.8 Å². The number of hydrogen-bond acceptors (Lipinski definition) is 2. The first-order valence-corrected chi connectivity index (χ1v) is 13.9. The maximum atomic E-state index is 10.1. The van der Waals surface area contributed by atoms with Crippen LogP contribution in [0.5, 0.6) is 0 Å². The smallest absolute Gasteiger partial charge is 0.191 e. The molecule has 0 aliphatic rings. The lowest BCUT2D eigenvalue weighted by atomic mass is 10.0. The molecule has 0 heterocycles. The van der Waals surface area contributed by atoms with Crippen LogP contribution in [-0.2, 0) is 4.43 Å². The zero-order chi connectivity index (χ0) is 19.2. The Kier molecular flexibility index (Phi) is 14.3.